The summed E-state index contributed by atoms with van der Waals surface area (Å²) in [6, 6.07) is 5.37. The van der Waals surface area contributed by atoms with Crippen LogP contribution < -0.4 is 0 Å². The smallest absolute Gasteiger partial charge is 0.335 e. The molecule has 0 radical (unpaired) electrons. The van der Waals surface area contributed by atoms with E-state index in [2.05, 4.69) is 0 Å². The minimum atomic E-state index is -0.876. The number of carboxylic acid groups (broad SMARTS) is 1. The molecule has 1 saturated heterocycles. The lowest BCUT2D eigenvalue weighted by Gasteiger charge is -2.33. The van der Waals surface area contributed by atoms with Gasteiger partial charge in [0, 0.05) is 25.4 Å². The molecule has 19 heavy (non-hydrogen) atoms. The normalized spacial score (nSPS) is 25.7. The van der Waals surface area contributed by atoms with E-state index in [-0.39, 0.29) is 11.3 Å². The predicted molar refractivity (Wildman–Crippen MR) is 70.1 cm³/mol. The molecule has 1 N–H and O–H groups in total. The fourth-order valence-electron chi connectivity index (χ4n) is 3.45. The highest BCUT2D eigenvalue weighted by Crippen LogP contribution is 2.42. The van der Waals surface area contributed by atoms with E-state index in [1.807, 2.05) is 18.0 Å². The third kappa shape index (κ3) is 2.01. The Morgan fingerprint density at radius 2 is 2.11 bits per heavy atom. The molecule has 1 aromatic carbocycles. The molecule has 2 aliphatic rings. The molecule has 1 heterocycles. The van der Waals surface area contributed by atoms with Gasteiger partial charge in [-0.15, -0.1) is 0 Å². The molecule has 1 fully saturated rings. The average Bonchev–Trinajstić information content (AvgIpc) is 2.63. The number of carbonyl (C=O) groups is 2. The van der Waals surface area contributed by atoms with Gasteiger partial charge in [0.25, 0.3) is 0 Å². The maximum Gasteiger partial charge on any atom is 0.335 e. The van der Waals surface area contributed by atoms with Gasteiger partial charge in [0.15, 0.2) is 0 Å². The number of aryl methyl sites for hydroxylation is 1. The number of carboxylic acids is 1. The van der Waals surface area contributed by atoms with Gasteiger partial charge in [0.1, 0.15) is 0 Å². The highest BCUT2D eigenvalue weighted by atomic mass is 16.4. The van der Waals surface area contributed by atoms with E-state index in [1.54, 1.807) is 12.1 Å². The van der Waals surface area contributed by atoms with Gasteiger partial charge in [0.05, 0.1) is 5.56 Å². The SMILES string of the molecule is CN1C[C@@]2(CCc3cc(C(=O)O)ccc3C2)CC1=O. The second-order valence-corrected chi connectivity index (χ2v) is 5.89. The van der Waals surface area contributed by atoms with Gasteiger partial charge < -0.3 is 10.0 Å². The second kappa shape index (κ2) is 4.08. The minimum absolute atomic E-state index is 0.0730. The molecule has 0 aromatic heterocycles. The number of amides is 1. The fraction of sp³-hybridized carbons (Fsp3) is 0.467. The molecular weight excluding hydrogens is 242 g/mol. The zero-order chi connectivity index (χ0) is 13.6. The standard InChI is InChI=1S/C15H17NO3/c1-16-9-15(8-13(16)17)5-4-10-6-11(14(18)19)2-3-12(10)7-15/h2-3,6H,4-5,7-9H2,1H3,(H,18,19)/t15-/m1/s1. The van der Waals surface area contributed by atoms with E-state index >= 15 is 0 Å². The third-order valence-corrected chi connectivity index (χ3v) is 4.47. The monoisotopic (exact) mass is 259 g/mol. The molecule has 1 spiro atoms. The van der Waals surface area contributed by atoms with Crippen LogP contribution in [0.2, 0.25) is 0 Å². The Hall–Kier alpha value is -1.84. The fourth-order valence-corrected chi connectivity index (χ4v) is 3.45. The van der Waals surface area contributed by atoms with E-state index in [0.717, 1.165) is 31.4 Å². The minimum Gasteiger partial charge on any atom is -0.478 e. The molecule has 4 nitrogen and oxygen atoms in total. The number of hydrogen-bond donors (Lipinski definition) is 1. The molecule has 1 atom stereocenters. The summed E-state index contributed by atoms with van der Waals surface area (Å²) in [7, 11) is 1.86. The number of carbonyl (C=O) groups excluding carboxylic acids is 1. The van der Waals surface area contributed by atoms with Crippen molar-refractivity contribution in [3.05, 3.63) is 34.9 Å². The molecule has 1 amide bonds. The first-order valence-corrected chi connectivity index (χ1v) is 6.58. The number of hydrogen-bond acceptors (Lipinski definition) is 2. The van der Waals surface area contributed by atoms with E-state index in [9.17, 15) is 9.59 Å². The number of aromatic carboxylic acids is 1. The Bertz CT molecular complexity index is 567. The Labute approximate surface area is 112 Å². The molecule has 0 bridgehead atoms. The van der Waals surface area contributed by atoms with Gasteiger partial charge in [0.2, 0.25) is 5.91 Å². The van der Waals surface area contributed by atoms with Crippen LogP contribution >= 0.6 is 0 Å². The first kappa shape index (κ1) is 12.2. The zero-order valence-electron chi connectivity index (χ0n) is 11.0. The van der Waals surface area contributed by atoms with Crippen LogP contribution in [0.15, 0.2) is 18.2 Å². The summed E-state index contributed by atoms with van der Waals surface area (Å²) in [6.45, 7) is 0.825. The first-order chi connectivity index (χ1) is 8.99. The van der Waals surface area contributed by atoms with Gasteiger partial charge in [-0.2, -0.15) is 0 Å². The summed E-state index contributed by atoms with van der Waals surface area (Å²) in [5, 5.41) is 9.01. The molecular formula is C15H17NO3. The largest absolute Gasteiger partial charge is 0.478 e. The van der Waals surface area contributed by atoms with Crippen molar-refractivity contribution in [2.75, 3.05) is 13.6 Å². The molecule has 100 valence electrons. The van der Waals surface area contributed by atoms with Crippen molar-refractivity contribution >= 4 is 11.9 Å². The van der Waals surface area contributed by atoms with E-state index < -0.39 is 5.97 Å². The highest BCUT2D eigenvalue weighted by molar-refractivity contribution is 5.88. The Balaban J connectivity index is 1.89. The Kier molecular flexibility index (Phi) is 2.62. The number of fused-ring (bicyclic) bond motifs is 1. The lowest BCUT2D eigenvalue weighted by molar-refractivity contribution is -0.126. The van der Waals surface area contributed by atoms with Gasteiger partial charge in [-0.3, -0.25) is 4.79 Å². The van der Waals surface area contributed by atoms with Gasteiger partial charge in [-0.1, -0.05) is 6.07 Å². The molecule has 4 heteroatoms. The maximum absolute atomic E-state index is 11.8. The molecule has 1 aliphatic heterocycles. The summed E-state index contributed by atoms with van der Waals surface area (Å²) >= 11 is 0. The summed E-state index contributed by atoms with van der Waals surface area (Å²) in [5.41, 5.74) is 2.77. The van der Waals surface area contributed by atoms with E-state index in [0.29, 0.717) is 12.0 Å². The van der Waals surface area contributed by atoms with Crippen molar-refractivity contribution in [2.24, 2.45) is 5.41 Å². The molecule has 0 unspecified atom stereocenters. The van der Waals surface area contributed by atoms with Crippen molar-refractivity contribution in [1.82, 2.24) is 4.90 Å². The topological polar surface area (TPSA) is 57.6 Å². The number of nitrogens with zero attached hydrogens (tertiary/aromatic N) is 1. The van der Waals surface area contributed by atoms with Crippen LogP contribution in [0.4, 0.5) is 0 Å². The van der Waals surface area contributed by atoms with Crippen molar-refractivity contribution in [1.29, 1.82) is 0 Å². The molecule has 1 aliphatic carbocycles. The maximum atomic E-state index is 11.8. The number of likely N-dealkylation sites (tertiary alicyclic amines) is 1. The van der Waals surface area contributed by atoms with Crippen LogP contribution in [0.25, 0.3) is 0 Å². The van der Waals surface area contributed by atoms with Crippen LogP contribution in [-0.4, -0.2) is 35.5 Å². The van der Waals surface area contributed by atoms with Crippen molar-refractivity contribution in [2.45, 2.75) is 25.7 Å². The van der Waals surface area contributed by atoms with E-state index in [1.165, 1.54) is 5.56 Å². The summed E-state index contributed by atoms with van der Waals surface area (Å²) in [5.74, 6) is -0.649. The summed E-state index contributed by atoms with van der Waals surface area (Å²) in [6.07, 6.45) is 3.36. The van der Waals surface area contributed by atoms with Crippen LogP contribution in [0, 0.1) is 5.41 Å². The highest BCUT2D eigenvalue weighted by Gasteiger charge is 2.43. The van der Waals surface area contributed by atoms with Gasteiger partial charge in [-0.25, -0.2) is 4.79 Å². The van der Waals surface area contributed by atoms with Crippen LogP contribution in [0.5, 0.6) is 0 Å². The average molecular weight is 259 g/mol. The zero-order valence-corrected chi connectivity index (χ0v) is 11.0. The lowest BCUT2D eigenvalue weighted by atomic mass is 9.71. The van der Waals surface area contributed by atoms with Crippen molar-refractivity contribution in [3.63, 3.8) is 0 Å². The Morgan fingerprint density at radius 3 is 2.74 bits per heavy atom. The van der Waals surface area contributed by atoms with E-state index in [4.69, 9.17) is 5.11 Å². The van der Waals surface area contributed by atoms with Gasteiger partial charge >= 0.3 is 5.97 Å². The lowest BCUT2D eigenvalue weighted by Crippen LogP contribution is -2.31. The first-order valence-electron chi connectivity index (χ1n) is 6.58. The van der Waals surface area contributed by atoms with Crippen LogP contribution in [0.1, 0.15) is 34.3 Å². The van der Waals surface area contributed by atoms with Crippen molar-refractivity contribution in [3.8, 4) is 0 Å². The quantitative estimate of drug-likeness (QED) is 0.835. The Morgan fingerprint density at radius 1 is 1.32 bits per heavy atom. The molecule has 0 saturated carbocycles. The van der Waals surface area contributed by atoms with Crippen molar-refractivity contribution < 1.29 is 14.7 Å². The van der Waals surface area contributed by atoms with Crippen LogP contribution in [-0.2, 0) is 17.6 Å². The molecule has 3 rings (SSSR count). The van der Waals surface area contributed by atoms with Gasteiger partial charge in [-0.05, 0) is 42.5 Å². The molecule has 1 aromatic rings. The second-order valence-electron chi connectivity index (χ2n) is 5.89. The third-order valence-electron chi connectivity index (χ3n) is 4.47. The number of rotatable bonds is 1. The summed E-state index contributed by atoms with van der Waals surface area (Å²) < 4.78 is 0. The predicted octanol–water partition coefficient (Wildman–Crippen LogP) is 1.72. The number of benzene rings is 1. The summed E-state index contributed by atoms with van der Waals surface area (Å²) in [4.78, 5) is 24.5. The van der Waals surface area contributed by atoms with Crippen LogP contribution in [0.3, 0.4) is 0 Å².